The van der Waals surface area contributed by atoms with E-state index in [1.54, 1.807) is 0 Å². The van der Waals surface area contributed by atoms with Crippen LogP contribution in [-0.2, 0) is 0 Å². The molecule has 0 aliphatic rings. The van der Waals surface area contributed by atoms with Gasteiger partial charge in [0.15, 0.2) is 0 Å². The summed E-state index contributed by atoms with van der Waals surface area (Å²) in [5, 5.41) is 10.5. The SMILES string of the molecule is Cc1cc2c(-c3cc4ccccc4[nH]3)n[nH]c2cc1Cl. The molecule has 0 aliphatic heterocycles. The van der Waals surface area contributed by atoms with Gasteiger partial charge in [-0.05, 0) is 36.8 Å². The molecule has 2 aromatic carbocycles. The largest absolute Gasteiger partial charge is 0.353 e. The topological polar surface area (TPSA) is 44.5 Å². The lowest BCUT2D eigenvalue weighted by molar-refractivity contribution is 1.12. The maximum Gasteiger partial charge on any atom is 0.116 e. The number of aromatic amines is 2. The first-order valence-corrected chi connectivity index (χ1v) is 6.82. The fraction of sp³-hybridized carbons (Fsp3) is 0.0625. The molecule has 0 bridgehead atoms. The van der Waals surface area contributed by atoms with Gasteiger partial charge in [0.25, 0.3) is 0 Å². The average Bonchev–Trinajstić information content (AvgIpc) is 3.02. The summed E-state index contributed by atoms with van der Waals surface area (Å²) in [5.41, 5.74) is 5.06. The molecule has 3 nitrogen and oxygen atoms in total. The Morgan fingerprint density at radius 2 is 1.90 bits per heavy atom. The standard InChI is InChI=1S/C16H12ClN3/c1-9-6-11-14(8-12(9)17)19-20-16(11)15-7-10-4-2-3-5-13(10)18-15/h2-8,18H,1H3,(H,19,20). The summed E-state index contributed by atoms with van der Waals surface area (Å²) in [6.45, 7) is 2.00. The number of fused-ring (bicyclic) bond motifs is 2. The molecule has 0 amide bonds. The Morgan fingerprint density at radius 3 is 2.75 bits per heavy atom. The van der Waals surface area contributed by atoms with Crippen molar-refractivity contribution in [1.29, 1.82) is 0 Å². The first-order chi connectivity index (χ1) is 9.72. The van der Waals surface area contributed by atoms with Crippen LogP contribution in [0.4, 0.5) is 0 Å². The number of halogens is 1. The lowest BCUT2D eigenvalue weighted by Gasteiger charge is -1.98. The molecule has 2 N–H and O–H groups in total. The predicted molar refractivity (Wildman–Crippen MR) is 83.1 cm³/mol. The van der Waals surface area contributed by atoms with Crippen LogP contribution < -0.4 is 0 Å². The first kappa shape index (κ1) is 11.6. The fourth-order valence-electron chi connectivity index (χ4n) is 2.55. The van der Waals surface area contributed by atoms with Gasteiger partial charge in [-0.3, -0.25) is 5.10 Å². The molecule has 0 saturated heterocycles. The molecule has 20 heavy (non-hydrogen) atoms. The molecule has 0 fully saturated rings. The van der Waals surface area contributed by atoms with Gasteiger partial charge in [-0.15, -0.1) is 0 Å². The van der Waals surface area contributed by atoms with Crippen LogP contribution in [0.2, 0.25) is 5.02 Å². The quantitative estimate of drug-likeness (QED) is 0.523. The summed E-state index contributed by atoms with van der Waals surface area (Å²) in [6.07, 6.45) is 0. The van der Waals surface area contributed by atoms with Gasteiger partial charge in [-0.25, -0.2) is 0 Å². The van der Waals surface area contributed by atoms with Crippen LogP contribution in [0.1, 0.15) is 5.56 Å². The van der Waals surface area contributed by atoms with Crippen molar-refractivity contribution in [3.8, 4) is 11.4 Å². The van der Waals surface area contributed by atoms with E-state index in [1.807, 2.05) is 25.1 Å². The van der Waals surface area contributed by atoms with E-state index in [2.05, 4.69) is 39.4 Å². The van der Waals surface area contributed by atoms with E-state index < -0.39 is 0 Å². The molecule has 4 heteroatoms. The molecule has 0 atom stereocenters. The van der Waals surface area contributed by atoms with Crippen molar-refractivity contribution in [1.82, 2.24) is 15.2 Å². The Kier molecular flexibility index (Phi) is 2.38. The van der Waals surface area contributed by atoms with Gasteiger partial charge in [-0.2, -0.15) is 5.10 Å². The smallest absolute Gasteiger partial charge is 0.116 e. The van der Waals surface area contributed by atoms with Gasteiger partial charge in [0.2, 0.25) is 0 Å². The first-order valence-electron chi connectivity index (χ1n) is 6.45. The van der Waals surface area contributed by atoms with Crippen molar-refractivity contribution in [2.24, 2.45) is 0 Å². The monoisotopic (exact) mass is 281 g/mol. The maximum atomic E-state index is 6.15. The Bertz CT molecular complexity index is 900. The number of H-pyrrole nitrogens is 2. The molecule has 0 aliphatic carbocycles. The number of aromatic nitrogens is 3. The Labute approximate surface area is 120 Å². The van der Waals surface area contributed by atoms with Gasteiger partial charge in [0.05, 0.1) is 11.2 Å². The molecule has 2 aromatic heterocycles. The van der Waals surface area contributed by atoms with E-state index >= 15 is 0 Å². The van der Waals surface area contributed by atoms with Crippen LogP contribution in [0.15, 0.2) is 42.5 Å². The van der Waals surface area contributed by atoms with E-state index in [0.29, 0.717) is 0 Å². The second kappa shape index (κ2) is 4.12. The summed E-state index contributed by atoms with van der Waals surface area (Å²) in [7, 11) is 0. The molecule has 98 valence electrons. The minimum absolute atomic E-state index is 0.754. The number of para-hydroxylation sites is 1. The van der Waals surface area contributed by atoms with Crippen molar-refractivity contribution >= 4 is 33.4 Å². The summed E-state index contributed by atoms with van der Waals surface area (Å²) < 4.78 is 0. The molecule has 0 unspecified atom stereocenters. The summed E-state index contributed by atoms with van der Waals surface area (Å²) in [6, 6.07) is 14.3. The van der Waals surface area contributed by atoms with Crippen LogP contribution in [0, 0.1) is 6.92 Å². The maximum absolute atomic E-state index is 6.15. The highest BCUT2D eigenvalue weighted by molar-refractivity contribution is 6.32. The minimum atomic E-state index is 0.754. The molecule has 0 saturated carbocycles. The second-order valence-corrected chi connectivity index (χ2v) is 5.40. The van der Waals surface area contributed by atoms with Gasteiger partial charge in [-0.1, -0.05) is 29.8 Å². The third-order valence-electron chi connectivity index (χ3n) is 3.63. The van der Waals surface area contributed by atoms with Crippen molar-refractivity contribution < 1.29 is 0 Å². The van der Waals surface area contributed by atoms with Crippen LogP contribution >= 0.6 is 11.6 Å². The number of hydrogen-bond acceptors (Lipinski definition) is 1. The van der Waals surface area contributed by atoms with Crippen molar-refractivity contribution in [2.45, 2.75) is 6.92 Å². The van der Waals surface area contributed by atoms with Crippen LogP contribution in [0.5, 0.6) is 0 Å². The van der Waals surface area contributed by atoms with Crippen LogP contribution in [0.25, 0.3) is 33.2 Å². The van der Waals surface area contributed by atoms with Crippen molar-refractivity contribution in [2.75, 3.05) is 0 Å². The number of hydrogen-bond donors (Lipinski definition) is 2. The van der Waals surface area contributed by atoms with E-state index in [1.165, 1.54) is 5.39 Å². The molecule has 2 heterocycles. The van der Waals surface area contributed by atoms with Gasteiger partial charge < -0.3 is 4.98 Å². The molecule has 4 rings (SSSR count). The van der Waals surface area contributed by atoms with E-state index in [-0.39, 0.29) is 0 Å². The van der Waals surface area contributed by atoms with E-state index in [4.69, 9.17) is 11.6 Å². The zero-order valence-corrected chi connectivity index (χ0v) is 11.6. The lowest BCUT2D eigenvalue weighted by atomic mass is 10.1. The highest BCUT2D eigenvalue weighted by atomic mass is 35.5. The molecule has 4 aromatic rings. The third-order valence-corrected chi connectivity index (χ3v) is 4.03. The Morgan fingerprint density at radius 1 is 1.05 bits per heavy atom. The Hall–Kier alpha value is -2.26. The number of aryl methyl sites for hydroxylation is 1. The summed E-state index contributed by atoms with van der Waals surface area (Å²) >= 11 is 6.15. The van der Waals surface area contributed by atoms with Crippen molar-refractivity contribution in [3.05, 3.63) is 53.1 Å². The third kappa shape index (κ3) is 1.63. The molecule has 0 radical (unpaired) electrons. The second-order valence-electron chi connectivity index (χ2n) is 4.99. The van der Waals surface area contributed by atoms with Gasteiger partial charge in [0, 0.05) is 21.3 Å². The van der Waals surface area contributed by atoms with E-state index in [9.17, 15) is 0 Å². The highest BCUT2D eigenvalue weighted by Gasteiger charge is 2.12. The number of rotatable bonds is 1. The highest BCUT2D eigenvalue weighted by Crippen LogP contribution is 2.31. The molecule has 0 spiro atoms. The van der Waals surface area contributed by atoms with Gasteiger partial charge in [0.1, 0.15) is 5.69 Å². The molecular formula is C16H12ClN3. The zero-order valence-electron chi connectivity index (χ0n) is 10.9. The fourth-order valence-corrected chi connectivity index (χ4v) is 2.72. The summed E-state index contributed by atoms with van der Waals surface area (Å²) in [5.74, 6) is 0. The number of benzene rings is 2. The normalized spacial score (nSPS) is 11.5. The van der Waals surface area contributed by atoms with Crippen LogP contribution in [0.3, 0.4) is 0 Å². The number of nitrogens with one attached hydrogen (secondary N) is 2. The van der Waals surface area contributed by atoms with Crippen molar-refractivity contribution in [3.63, 3.8) is 0 Å². The zero-order chi connectivity index (χ0) is 13.7. The van der Waals surface area contributed by atoms with E-state index in [0.717, 1.165) is 38.4 Å². The van der Waals surface area contributed by atoms with Gasteiger partial charge >= 0.3 is 0 Å². The Balaban J connectivity index is 1.99. The summed E-state index contributed by atoms with van der Waals surface area (Å²) in [4.78, 5) is 3.41. The van der Waals surface area contributed by atoms with Crippen LogP contribution in [-0.4, -0.2) is 15.2 Å². The predicted octanol–water partition coefficient (Wildman–Crippen LogP) is 4.67. The average molecular weight is 282 g/mol. The molecular weight excluding hydrogens is 270 g/mol. The minimum Gasteiger partial charge on any atom is -0.353 e. The lowest BCUT2D eigenvalue weighted by Crippen LogP contribution is -1.79. The number of nitrogens with zero attached hydrogens (tertiary/aromatic N) is 1.